The average molecular weight is 231 g/mol. The molecule has 1 aromatic carbocycles. The van der Waals surface area contributed by atoms with Gasteiger partial charge in [0.15, 0.2) is 5.82 Å². The summed E-state index contributed by atoms with van der Waals surface area (Å²) in [6.45, 7) is 4.77. The average Bonchev–Trinajstić information content (AvgIpc) is 2.85. The van der Waals surface area contributed by atoms with E-state index in [-0.39, 0.29) is 0 Å². The molecule has 90 valence electrons. The highest BCUT2D eigenvalue weighted by molar-refractivity contribution is 5.42. The third-order valence-corrected chi connectivity index (χ3v) is 2.75. The Balaban J connectivity index is 1.94. The lowest BCUT2D eigenvalue weighted by Crippen LogP contribution is -2.00. The standard InChI is InChI=1S/C13H17N3O/c1-3-10(2)13-15-12(17-16-13)9-14-11-7-5-4-6-8-11/h4-8,10,14H,3,9H2,1-2H3. The van der Waals surface area contributed by atoms with Crippen LogP contribution in [0.15, 0.2) is 34.9 Å². The fourth-order valence-electron chi connectivity index (χ4n) is 1.46. The van der Waals surface area contributed by atoms with Gasteiger partial charge in [0.25, 0.3) is 0 Å². The Bertz CT molecular complexity index is 453. The van der Waals surface area contributed by atoms with Gasteiger partial charge in [-0.3, -0.25) is 0 Å². The number of benzene rings is 1. The molecule has 4 heteroatoms. The molecule has 2 rings (SSSR count). The molecule has 2 aromatic rings. The molecule has 0 spiro atoms. The van der Waals surface area contributed by atoms with Gasteiger partial charge < -0.3 is 9.84 Å². The lowest BCUT2D eigenvalue weighted by molar-refractivity contribution is 0.374. The predicted molar refractivity (Wildman–Crippen MR) is 66.8 cm³/mol. The van der Waals surface area contributed by atoms with Gasteiger partial charge in [-0.2, -0.15) is 4.98 Å². The summed E-state index contributed by atoms with van der Waals surface area (Å²) in [5, 5.41) is 7.21. The van der Waals surface area contributed by atoms with Crippen LogP contribution < -0.4 is 5.32 Å². The van der Waals surface area contributed by atoms with E-state index in [4.69, 9.17) is 4.52 Å². The number of rotatable bonds is 5. The largest absolute Gasteiger partial charge is 0.376 e. The van der Waals surface area contributed by atoms with Crippen LogP contribution >= 0.6 is 0 Å². The molecule has 0 aliphatic carbocycles. The first-order valence-corrected chi connectivity index (χ1v) is 5.91. The molecule has 1 heterocycles. The first-order chi connectivity index (χ1) is 8.29. The van der Waals surface area contributed by atoms with Crippen molar-refractivity contribution >= 4 is 5.69 Å². The Kier molecular flexibility index (Phi) is 3.75. The quantitative estimate of drug-likeness (QED) is 0.858. The highest BCUT2D eigenvalue weighted by Crippen LogP contribution is 2.15. The molecular formula is C13H17N3O. The summed E-state index contributed by atoms with van der Waals surface area (Å²) >= 11 is 0. The maximum absolute atomic E-state index is 5.19. The van der Waals surface area contributed by atoms with Gasteiger partial charge in [-0.05, 0) is 18.6 Å². The van der Waals surface area contributed by atoms with E-state index >= 15 is 0 Å². The topological polar surface area (TPSA) is 51.0 Å². The molecule has 0 saturated carbocycles. The van der Waals surface area contributed by atoms with Crippen LogP contribution in [0.4, 0.5) is 5.69 Å². The van der Waals surface area contributed by atoms with Crippen LogP contribution in [0.25, 0.3) is 0 Å². The van der Waals surface area contributed by atoms with Crippen molar-refractivity contribution in [1.29, 1.82) is 0 Å². The zero-order valence-corrected chi connectivity index (χ0v) is 10.2. The van der Waals surface area contributed by atoms with Gasteiger partial charge in [-0.1, -0.05) is 37.2 Å². The van der Waals surface area contributed by atoms with Crippen molar-refractivity contribution in [3.63, 3.8) is 0 Å². The molecule has 4 nitrogen and oxygen atoms in total. The fourth-order valence-corrected chi connectivity index (χ4v) is 1.46. The summed E-state index contributed by atoms with van der Waals surface area (Å²) in [4.78, 5) is 4.36. The molecule has 1 N–H and O–H groups in total. The van der Waals surface area contributed by atoms with Crippen molar-refractivity contribution < 1.29 is 4.52 Å². The minimum absolute atomic E-state index is 0.351. The van der Waals surface area contributed by atoms with Gasteiger partial charge in [-0.25, -0.2) is 0 Å². The first kappa shape index (κ1) is 11.6. The second-order valence-corrected chi connectivity index (χ2v) is 4.08. The molecule has 1 unspecified atom stereocenters. The van der Waals surface area contributed by atoms with E-state index in [2.05, 4.69) is 29.3 Å². The Morgan fingerprint density at radius 3 is 2.76 bits per heavy atom. The zero-order chi connectivity index (χ0) is 12.1. The van der Waals surface area contributed by atoms with Crippen LogP contribution in [0.3, 0.4) is 0 Å². The monoisotopic (exact) mass is 231 g/mol. The van der Waals surface area contributed by atoms with Crippen molar-refractivity contribution in [3.05, 3.63) is 42.0 Å². The first-order valence-electron chi connectivity index (χ1n) is 5.91. The number of para-hydroxylation sites is 1. The molecule has 0 radical (unpaired) electrons. The van der Waals surface area contributed by atoms with Gasteiger partial charge in [-0.15, -0.1) is 0 Å². The fraction of sp³-hybridized carbons (Fsp3) is 0.385. The number of anilines is 1. The van der Waals surface area contributed by atoms with E-state index in [9.17, 15) is 0 Å². The number of hydrogen-bond donors (Lipinski definition) is 1. The van der Waals surface area contributed by atoms with E-state index in [1.54, 1.807) is 0 Å². The molecular weight excluding hydrogens is 214 g/mol. The normalized spacial score (nSPS) is 12.4. The maximum atomic E-state index is 5.19. The van der Waals surface area contributed by atoms with Crippen LogP contribution in [-0.2, 0) is 6.54 Å². The Labute approximate surface area is 101 Å². The lowest BCUT2D eigenvalue weighted by Gasteiger charge is -2.01. The van der Waals surface area contributed by atoms with Crippen LogP contribution in [-0.4, -0.2) is 10.1 Å². The highest BCUT2D eigenvalue weighted by Gasteiger charge is 2.11. The summed E-state index contributed by atoms with van der Waals surface area (Å²) in [5.41, 5.74) is 1.05. The van der Waals surface area contributed by atoms with E-state index < -0.39 is 0 Å². The lowest BCUT2D eigenvalue weighted by atomic mass is 10.1. The second-order valence-electron chi connectivity index (χ2n) is 4.08. The summed E-state index contributed by atoms with van der Waals surface area (Å²) in [7, 11) is 0. The second kappa shape index (κ2) is 5.48. The Morgan fingerprint density at radius 2 is 2.06 bits per heavy atom. The van der Waals surface area contributed by atoms with Crippen LogP contribution in [0.2, 0.25) is 0 Å². The molecule has 0 aliphatic heterocycles. The Hall–Kier alpha value is -1.84. The van der Waals surface area contributed by atoms with E-state index in [1.165, 1.54) is 0 Å². The molecule has 0 bridgehead atoms. The highest BCUT2D eigenvalue weighted by atomic mass is 16.5. The number of hydrogen-bond acceptors (Lipinski definition) is 4. The zero-order valence-electron chi connectivity index (χ0n) is 10.2. The SMILES string of the molecule is CCC(C)c1noc(CNc2ccccc2)n1. The Morgan fingerprint density at radius 1 is 1.29 bits per heavy atom. The minimum atomic E-state index is 0.351. The summed E-state index contributed by atoms with van der Waals surface area (Å²) in [5.74, 6) is 1.77. The van der Waals surface area contributed by atoms with E-state index in [0.717, 1.165) is 17.9 Å². The molecule has 0 aliphatic rings. The third-order valence-electron chi connectivity index (χ3n) is 2.75. The molecule has 17 heavy (non-hydrogen) atoms. The minimum Gasteiger partial charge on any atom is -0.376 e. The van der Waals surface area contributed by atoms with Crippen LogP contribution in [0.5, 0.6) is 0 Å². The third kappa shape index (κ3) is 3.06. The van der Waals surface area contributed by atoms with Crippen molar-refractivity contribution in [2.75, 3.05) is 5.32 Å². The molecule has 0 amide bonds. The van der Waals surface area contributed by atoms with E-state index in [0.29, 0.717) is 18.4 Å². The van der Waals surface area contributed by atoms with Crippen molar-refractivity contribution in [2.24, 2.45) is 0 Å². The van der Waals surface area contributed by atoms with Gasteiger partial charge in [0.2, 0.25) is 5.89 Å². The van der Waals surface area contributed by atoms with Crippen LogP contribution in [0.1, 0.15) is 37.9 Å². The molecule has 1 aromatic heterocycles. The van der Waals surface area contributed by atoms with Crippen molar-refractivity contribution in [3.8, 4) is 0 Å². The number of aromatic nitrogens is 2. The molecule has 1 atom stereocenters. The maximum Gasteiger partial charge on any atom is 0.245 e. The molecule has 0 fully saturated rings. The van der Waals surface area contributed by atoms with Crippen molar-refractivity contribution in [2.45, 2.75) is 32.7 Å². The van der Waals surface area contributed by atoms with Gasteiger partial charge in [0.05, 0.1) is 6.54 Å². The summed E-state index contributed by atoms with van der Waals surface area (Å²) < 4.78 is 5.19. The van der Waals surface area contributed by atoms with Crippen LogP contribution in [0, 0.1) is 0 Å². The number of nitrogens with one attached hydrogen (secondary N) is 1. The smallest absolute Gasteiger partial charge is 0.245 e. The number of nitrogens with zero attached hydrogens (tertiary/aromatic N) is 2. The summed E-state index contributed by atoms with van der Waals surface area (Å²) in [6, 6.07) is 9.97. The van der Waals surface area contributed by atoms with Gasteiger partial charge in [0, 0.05) is 11.6 Å². The van der Waals surface area contributed by atoms with Crippen molar-refractivity contribution in [1.82, 2.24) is 10.1 Å². The predicted octanol–water partition coefficient (Wildman–Crippen LogP) is 3.20. The molecule has 0 saturated heterocycles. The van der Waals surface area contributed by atoms with Gasteiger partial charge >= 0.3 is 0 Å². The van der Waals surface area contributed by atoms with Gasteiger partial charge in [0.1, 0.15) is 0 Å². The summed E-state index contributed by atoms with van der Waals surface area (Å²) in [6.07, 6.45) is 1.02. The van der Waals surface area contributed by atoms with E-state index in [1.807, 2.05) is 30.3 Å².